The highest BCUT2D eigenvalue weighted by Crippen LogP contribution is 2.25. The third-order valence-electron chi connectivity index (χ3n) is 1.97. The van der Waals surface area contributed by atoms with Gasteiger partial charge in [0.2, 0.25) is 0 Å². The molecule has 8 heteroatoms. The maximum absolute atomic E-state index is 12.0. The molecule has 1 rings (SSSR count). The number of para-hydroxylation sites is 2. The summed E-state index contributed by atoms with van der Waals surface area (Å²) in [6.07, 6.45) is -2.62. The Morgan fingerprint density at radius 2 is 1.94 bits per heavy atom. The fourth-order valence-corrected chi connectivity index (χ4v) is 1.69. The zero-order chi connectivity index (χ0) is 13.8. The van der Waals surface area contributed by atoms with E-state index in [1.807, 2.05) is 0 Å². The molecule has 0 saturated carbocycles. The van der Waals surface area contributed by atoms with Crippen LogP contribution in [0.4, 0.5) is 14.5 Å². The van der Waals surface area contributed by atoms with Gasteiger partial charge in [0.25, 0.3) is 6.43 Å². The van der Waals surface area contributed by atoms with E-state index in [2.05, 4.69) is 4.72 Å². The van der Waals surface area contributed by atoms with Crippen molar-refractivity contribution in [3.05, 3.63) is 24.3 Å². The molecule has 1 aromatic carbocycles. The molecular weight excluding hydrogens is 266 g/mol. The average molecular weight is 280 g/mol. The van der Waals surface area contributed by atoms with Gasteiger partial charge in [0.1, 0.15) is 12.4 Å². The van der Waals surface area contributed by atoms with Crippen LogP contribution in [0.15, 0.2) is 24.3 Å². The first kappa shape index (κ1) is 14.7. The Kier molecular flexibility index (Phi) is 4.85. The molecule has 102 valence electrons. The summed E-state index contributed by atoms with van der Waals surface area (Å²) in [4.78, 5) is 0. The number of ether oxygens (including phenoxy) is 1. The second-order valence-corrected chi connectivity index (χ2v) is 5.47. The van der Waals surface area contributed by atoms with Crippen LogP contribution in [0.1, 0.15) is 0 Å². The smallest absolute Gasteiger partial charge is 0.301 e. The van der Waals surface area contributed by atoms with Crippen molar-refractivity contribution in [2.45, 2.75) is 6.43 Å². The Morgan fingerprint density at radius 1 is 1.33 bits per heavy atom. The van der Waals surface area contributed by atoms with Crippen molar-refractivity contribution < 1.29 is 21.9 Å². The van der Waals surface area contributed by atoms with Crippen molar-refractivity contribution in [3.8, 4) is 5.75 Å². The Balaban J connectivity index is 2.89. The van der Waals surface area contributed by atoms with Gasteiger partial charge >= 0.3 is 10.2 Å². The molecule has 0 aliphatic heterocycles. The van der Waals surface area contributed by atoms with E-state index >= 15 is 0 Å². The average Bonchev–Trinajstić information content (AvgIpc) is 2.27. The van der Waals surface area contributed by atoms with Crippen LogP contribution in [0.25, 0.3) is 0 Å². The Hall–Kier alpha value is -1.41. The van der Waals surface area contributed by atoms with Crippen LogP contribution in [0, 0.1) is 0 Å². The van der Waals surface area contributed by atoms with Gasteiger partial charge in [0.05, 0.1) is 5.69 Å². The highest BCUT2D eigenvalue weighted by atomic mass is 32.2. The number of nitrogens with zero attached hydrogens (tertiary/aromatic N) is 1. The lowest BCUT2D eigenvalue weighted by Gasteiger charge is -2.16. The predicted molar refractivity (Wildman–Crippen MR) is 64.2 cm³/mol. The highest BCUT2D eigenvalue weighted by Gasteiger charge is 2.16. The lowest BCUT2D eigenvalue weighted by molar-refractivity contribution is 0.0823. The molecule has 0 spiro atoms. The van der Waals surface area contributed by atoms with Gasteiger partial charge in [-0.3, -0.25) is 4.72 Å². The van der Waals surface area contributed by atoms with E-state index < -0.39 is 23.2 Å². The minimum absolute atomic E-state index is 0.0585. The molecule has 0 heterocycles. The Morgan fingerprint density at radius 3 is 2.50 bits per heavy atom. The number of alkyl halides is 2. The van der Waals surface area contributed by atoms with Crippen molar-refractivity contribution in [2.75, 3.05) is 25.4 Å². The second kappa shape index (κ2) is 5.96. The SMILES string of the molecule is CN(C)S(=O)(=O)Nc1ccccc1OCC(F)F. The lowest BCUT2D eigenvalue weighted by Crippen LogP contribution is -2.29. The van der Waals surface area contributed by atoms with Gasteiger partial charge in [0.15, 0.2) is 0 Å². The van der Waals surface area contributed by atoms with Crippen molar-refractivity contribution in [1.82, 2.24) is 4.31 Å². The fourth-order valence-electron chi connectivity index (χ4n) is 1.06. The number of nitrogens with one attached hydrogen (secondary N) is 1. The predicted octanol–water partition coefficient (Wildman–Crippen LogP) is 1.55. The van der Waals surface area contributed by atoms with Crippen LogP contribution in [0.2, 0.25) is 0 Å². The van der Waals surface area contributed by atoms with E-state index in [1.54, 1.807) is 12.1 Å². The highest BCUT2D eigenvalue weighted by molar-refractivity contribution is 7.90. The summed E-state index contributed by atoms with van der Waals surface area (Å²) >= 11 is 0. The minimum Gasteiger partial charge on any atom is -0.485 e. The standard InChI is InChI=1S/C10H14F2N2O3S/c1-14(2)18(15,16)13-8-5-3-4-6-9(8)17-7-10(11)12/h3-6,10,13H,7H2,1-2H3. The van der Waals surface area contributed by atoms with E-state index in [-0.39, 0.29) is 11.4 Å². The van der Waals surface area contributed by atoms with Gasteiger partial charge in [-0.25, -0.2) is 8.78 Å². The van der Waals surface area contributed by atoms with Crippen LogP contribution in [-0.2, 0) is 10.2 Å². The van der Waals surface area contributed by atoms with Gasteiger partial charge in [-0.2, -0.15) is 12.7 Å². The molecule has 0 radical (unpaired) electrons. The summed E-state index contributed by atoms with van der Waals surface area (Å²) in [7, 11) is -0.992. The molecule has 0 saturated heterocycles. The molecule has 1 aromatic rings. The third-order valence-corrected chi connectivity index (χ3v) is 3.41. The largest absolute Gasteiger partial charge is 0.485 e. The molecular formula is C10H14F2N2O3S. The van der Waals surface area contributed by atoms with E-state index in [0.717, 1.165) is 4.31 Å². The van der Waals surface area contributed by atoms with Gasteiger partial charge in [0, 0.05) is 14.1 Å². The molecule has 0 atom stereocenters. The molecule has 5 nitrogen and oxygen atoms in total. The first-order chi connectivity index (χ1) is 8.33. The molecule has 0 unspecified atom stereocenters. The van der Waals surface area contributed by atoms with E-state index in [0.29, 0.717) is 0 Å². The summed E-state index contributed by atoms with van der Waals surface area (Å²) in [6.45, 7) is -0.791. The topological polar surface area (TPSA) is 58.6 Å². The molecule has 0 fully saturated rings. The van der Waals surface area contributed by atoms with E-state index in [4.69, 9.17) is 4.74 Å². The van der Waals surface area contributed by atoms with E-state index in [9.17, 15) is 17.2 Å². The first-order valence-electron chi connectivity index (χ1n) is 5.03. The number of halogens is 2. The Bertz CT molecular complexity index is 492. The van der Waals surface area contributed by atoms with Gasteiger partial charge < -0.3 is 4.74 Å². The molecule has 0 bridgehead atoms. The molecule has 18 heavy (non-hydrogen) atoms. The molecule has 0 aromatic heterocycles. The number of hydrogen-bond acceptors (Lipinski definition) is 3. The summed E-state index contributed by atoms with van der Waals surface area (Å²) in [5, 5.41) is 0. The Labute approximate surface area is 105 Å². The zero-order valence-electron chi connectivity index (χ0n) is 9.93. The molecule has 0 aliphatic rings. The number of hydrogen-bond donors (Lipinski definition) is 1. The quantitative estimate of drug-likeness (QED) is 0.860. The summed E-state index contributed by atoms with van der Waals surface area (Å²) in [5.41, 5.74) is 0.117. The summed E-state index contributed by atoms with van der Waals surface area (Å²) < 4.78 is 55.3. The fraction of sp³-hybridized carbons (Fsp3) is 0.400. The van der Waals surface area contributed by atoms with Gasteiger partial charge in [-0.15, -0.1) is 0 Å². The zero-order valence-corrected chi connectivity index (χ0v) is 10.7. The number of rotatable bonds is 6. The summed E-state index contributed by atoms with van der Waals surface area (Å²) in [6, 6.07) is 5.98. The maximum Gasteiger partial charge on any atom is 0.301 e. The third kappa shape index (κ3) is 4.11. The van der Waals surface area contributed by atoms with Crippen LogP contribution in [-0.4, -0.2) is 39.9 Å². The minimum atomic E-state index is -3.70. The van der Waals surface area contributed by atoms with Gasteiger partial charge in [-0.1, -0.05) is 12.1 Å². The van der Waals surface area contributed by atoms with Crippen LogP contribution in [0.5, 0.6) is 5.75 Å². The molecule has 0 amide bonds. The monoisotopic (exact) mass is 280 g/mol. The van der Waals surface area contributed by atoms with Crippen molar-refractivity contribution in [3.63, 3.8) is 0 Å². The van der Waals surface area contributed by atoms with Crippen LogP contribution in [0.3, 0.4) is 0 Å². The lowest BCUT2D eigenvalue weighted by atomic mass is 10.3. The number of anilines is 1. The van der Waals surface area contributed by atoms with Crippen molar-refractivity contribution >= 4 is 15.9 Å². The van der Waals surface area contributed by atoms with Crippen LogP contribution < -0.4 is 9.46 Å². The van der Waals surface area contributed by atoms with Crippen molar-refractivity contribution in [1.29, 1.82) is 0 Å². The molecule has 1 N–H and O–H groups in total. The normalized spacial score (nSPS) is 11.9. The van der Waals surface area contributed by atoms with Gasteiger partial charge in [-0.05, 0) is 12.1 Å². The number of benzene rings is 1. The van der Waals surface area contributed by atoms with Crippen molar-refractivity contribution in [2.24, 2.45) is 0 Å². The maximum atomic E-state index is 12.0. The second-order valence-electron chi connectivity index (χ2n) is 3.59. The van der Waals surface area contributed by atoms with E-state index in [1.165, 1.54) is 26.2 Å². The molecule has 0 aliphatic carbocycles. The van der Waals surface area contributed by atoms with Crippen LogP contribution >= 0.6 is 0 Å². The first-order valence-corrected chi connectivity index (χ1v) is 6.47. The summed E-state index contributed by atoms with van der Waals surface area (Å²) in [5.74, 6) is 0.0585.